The fourth-order valence-corrected chi connectivity index (χ4v) is 2.48. The van der Waals surface area contributed by atoms with Gasteiger partial charge in [0.2, 0.25) is 5.91 Å². The van der Waals surface area contributed by atoms with Crippen molar-refractivity contribution in [1.82, 2.24) is 20.0 Å². The topological polar surface area (TPSA) is 69.3 Å². The summed E-state index contributed by atoms with van der Waals surface area (Å²) in [4.78, 5) is 26.8. The predicted octanol–water partition coefficient (Wildman–Crippen LogP) is 1.18. The van der Waals surface area contributed by atoms with E-state index in [1.807, 2.05) is 4.90 Å². The number of nitrogens with one attached hydrogen (secondary N) is 1. The molecule has 1 saturated heterocycles. The Morgan fingerprint density at radius 3 is 2.79 bits per heavy atom. The minimum atomic E-state index is -0.132. The number of aromatic nitrogens is 2. The van der Waals surface area contributed by atoms with Crippen molar-refractivity contribution in [2.45, 2.75) is 32.2 Å². The van der Waals surface area contributed by atoms with Gasteiger partial charge in [0.1, 0.15) is 5.69 Å². The van der Waals surface area contributed by atoms with Crippen molar-refractivity contribution in [2.24, 2.45) is 0 Å². The molecule has 0 aromatic carbocycles. The van der Waals surface area contributed by atoms with E-state index in [9.17, 15) is 9.59 Å². The number of piperidine rings is 1. The Bertz CT molecular complexity index is 481. The number of carbonyl (C=O) groups is 2. The third-order valence-corrected chi connectivity index (χ3v) is 3.49. The molecule has 2 rings (SSSR count). The normalized spacial score (nSPS) is 19.3. The van der Waals surface area contributed by atoms with Crippen molar-refractivity contribution in [3.8, 4) is 0 Å². The maximum Gasteiger partial charge on any atom is 0.273 e. The first kappa shape index (κ1) is 13.6. The van der Waals surface area contributed by atoms with E-state index in [1.54, 1.807) is 27.1 Å². The highest BCUT2D eigenvalue weighted by atomic mass is 16.2. The molecule has 0 saturated carbocycles. The first-order chi connectivity index (χ1) is 9.00. The molecule has 104 valence electrons. The zero-order valence-corrected chi connectivity index (χ0v) is 11.6. The zero-order valence-electron chi connectivity index (χ0n) is 11.6. The molecular formula is C13H20N4O2. The van der Waals surface area contributed by atoms with E-state index < -0.39 is 0 Å². The van der Waals surface area contributed by atoms with Crippen LogP contribution < -0.4 is 0 Å². The van der Waals surface area contributed by atoms with Gasteiger partial charge < -0.3 is 9.80 Å². The molecule has 1 aliphatic heterocycles. The molecule has 1 fully saturated rings. The fraction of sp³-hybridized carbons (Fsp3) is 0.615. The third kappa shape index (κ3) is 2.77. The number of aromatic amines is 1. The molecule has 0 bridgehead atoms. The van der Waals surface area contributed by atoms with Gasteiger partial charge in [0.05, 0.1) is 11.7 Å². The van der Waals surface area contributed by atoms with Crippen molar-refractivity contribution < 1.29 is 9.59 Å². The van der Waals surface area contributed by atoms with Gasteiger partial charge in [0.25, 0.3) is 5.91 Å². The summed E-state index contributed by atoms with van der Waals surface area (Å²) in [6.07, 6.45) is 3.04. The molecule has 1 unspecified atom stereocenters. The molecule has 1 atom stereocenters. The molecule has 19 heavy (non-hydrogen) atoms. The van der Waals surface area contributed by atoms with E-state index in [-0.39, 0.29) is 17.9 Å². The lowest BCUT2D eigenvalue weighted by Crippen LogP contribution is -2.37. The van der Waals surface area contributed by atoms with Crippen molar-refractivity contribution in [1.29, 1.82) is 0 Å². The number of amides is 2. The molecule has 0 radical (unpaired) electrons. The van der Waals surface area contributed by atoms with Crippen LogP contribution >= 0.6 is 0 Å². The number of likely N-dealkylation sites (tertiary alicyclic amines) is 1. The quantitative estimate of drug-likeness (QED) is 0.872. The Hall–Kier alpha value is -1.85. The van der Waals surface area contributed by atoms with Crippen LogP contribution in [0.4, 0.5) is 0 Å². The van der Waals surface area contributed by atoms with Gasteiger partial charge in [-0.2, -0.15) is 5.10 Å². The monoisotopic (exact) mass is 264 g/mol. The Morgan fingerprint density at radius 2 is 2.16 bits per heavy atom. The summed E-state index contributed by atoms with van der Waals surface area (Å²) in [6.45, 7) is 2.36. The van der Waals surface area contributed by atoms with Crippen LogP contribution in [0.2, 0.25) is 0 Å². The number of rotatable bonds is 2. The maximum absolute atomic E-state index is 11.8. The highest BCUT2D eigenvalue weighted by Gasteiger charge is 2.28. The maximum atomic E-state index is 11.8. The molecule has 0 aliphatic carbocycles. The van der Waals surface area contributed by atoms with Crippen molar-refractivity contribution >= 4 is 11.8 Å². The lowest BCUT2D eigenvalue weighted by Gasteiger charge is -2.34. The minimum Gasteiger partial charge on any atom is -0.343 e. The SMILES string of the molecule is CC(=O)N1CCCCC1c1cc(C(=O)N(C)C)n[nH]1. The van der Waals surface area contributed by atoms with Crippen LogP contribution in [-0.2, 0) is 4.79 Å². The molecule has 1 aromatic heterocycles. The fourth-order valence-electron chi connectivity index (χ4n) is 2.48. The minimum absolute atomic E-state index is 0.0162. The summed E-state index contributed by atoms with van der Waals surface area (Å²) in [6, 6.07) is 1.77. The average Bonchev–Trinajstić information content (AvgIpc) is 2.87. The van der Waals surface area contributed by atoms with Crippen LogP contribution in [0.15, 0.2) is 6.07 Å². The standard InChI is InChI=1S/C13H20N4O2/c1-9(18)17-7-5-4-6-12(17)10-8-11(15-14-10)13(19)16(2)3/h8,12H,4-7H2,1-3H3,(H,14,15). The average molecular weight is 264 g/mol. The van der Waals surface area contributed by atoms with E-state index in [0.29, 0.717) is 5.69 Å². The highest BCUT2D eigenvalue weighted by Crippen LogP contribution is 2.30. The smallest absolute Gasteiger partial charge is 0.273 e. The van der Waals surface area contributed by atoms with Gasteiger partial charge >= 0.3 is 0 Å². The molecule has 1 N–H and O–H groups in total. The predicted molar refractivity (Wildman–Crippen MR) is 70.6 cm³/mol. The van der Waals surface area contributed by atoms with E-state index in [4.69, 9.17) is 0 Å². The number of hydrogen-bond acceptors (Lipinski definition) is 3. The van der Waals surface area contributed by atoms with Crippen LogP contribution in [0.25, 0.3) is 0 Å². The first-order valence-electron chi connectivity index (χ1n) is 6.55. The van der Waals surface area contributed by atoms with Crippen LogP contribution in [-0.4, -0.2) is 52.5 Å². The van der Waals surface area contributed by atoms with Crippen LogP contribution in [0.1, 0.15) is 48.4 Å². The Balaban J connectivity index is 2.21. The Labute approximate surface area is 112 Å². The summed E-state index contributed by atoms with van der Waals surface area (Å²) in [7, 11) is 3.39. The van der Waals surface area contributed by atoms with E-state index in [0.717, 1.165) is 31.5 Å². The number of nitrogens with zero attached hydrogens (tertiary/aromatic N) is 3. The second-order valence-electron chi connectivity index (χ2n) is 5.13. The third-order valence-electron chi connectivity index (χ3n) is 3.49. The molecule has 6 nitrogen and oxygen atoms in total. The second kappa shape index (κ2) is 5.42. The molecule has 2 amide bonds. The van der Waals surface area contributed by atoms with Gasteiger partial charge in [-0.1, -0.05) is 0 Å². The van der Waals surface area contributed by atoms with Crippen molar-refractivity contribution in [2.75, 3.05) is 20.6 Å². The zero-order chi connectivity index (χ0) is 14.0. The van der Waals surface area contributed by atoms with Crippen LogP contribution in [0.5, 0.6) is 0 Å². The second-order valence-corrected chi connectivity index (χ2v) is 5.13. The lowest BCUT2D eigenvalue weighted by molar-refractivity contribution is -0.132. The van der Waals surface area contributed by atoms with Gasteiger partial charge in [-0.15, -0.1) is 0 Å². The molecular weight excluding hydrogens is 244 g/mol. The first-order valence-corrected chi connectivity index (χ1v) is 6.55. The van der Waals surface area contributed by atoms with Gasteiger partial charge in [-0.05, 0) is 25.3 Å². The molecule has 6 heteroatoms. The summed E-state index contributed by atoms with van der Waals surface area (Å²) >= 11 is 0. The van der Waals surface area contributed by atoms with Crippen molar-refractivity contribution in [3.05, 3.63) is 17.5 Å². The van der Waals surface area contributed by atoms with E-state index in [1.165, 1.54) is 4.90 Å². The molecule has 1 aliphatic rings. The molecule has 2 heterocycles. The van der Waals surface area contributed by atoms with Gasteiger partial charge in [-0.3, -0.25) is 14.7 Å². The van der Waals surface area contributed by atoms with Gasteiger partial charge in [0.15, 0.2) is 0 Å². The summed E-state index contributed by atoms with van der Waals surface area (Å²) in [5.41, 5.74) is 1.24. The number of H-pyrrole nitrogens is 1. The van der Waals surface area contributed by atoms with Gasteiger partial charge in [-0.25, -0.2) is 0 Å². The van der Waals surface area contributed by atoms with Gasteiger partial charge in [0, 0.05) is 27.6 Å². The lowest BCUT2D eigenvalue weighted by atomic mass is 9.99. The number of hydrogen-bond donors (Lipinski definition) is 1. The summed E-state index contributed by atoms with van der Waals surface area (Å²) < 4.78 is 0. The largest absolute Gasteiger partial charge is 0.343 e. The van der Waals surface area contributed by atoms with E-state index in [2.05, 4.69) is 10.2 Å². The molecule has 1 aromatic rings. The Morgan fingerprint density at radius 1 is 1.42 bits per heavy atom. The van der Waals surface area contributed by atoms with Crippen molar-refractivity contribution in [3.63, 3.8) is 0 Å². The summed E-state index contributed by atoms with van der Waals surface area (Å²) in [5.74, 6) is -0.0625. The number of carbonyl (C=O) groups excluding carboxylic acids is 2. The Kier molecular flexibility index (Phi) is 3.87. The van der Waals surface area contributed by atoms with E-state index >= 15 is 0 Å². The molecule has 0 spiro atoms. The summed E-state index contributed by atoms with van der Waals surface area (Å²) in [5, 5.41) is 6.96. The van der Waals surface area contributed by atoms with Crippen LogP contribution in [0, 0.1) is 0 Å². The van der Waals surface area contributed by atoms with Crippen LogP contribution in [0.3, 0.4) is 0 Å². The highest BCUT2D eigenvalue weighted by molar-refractivity contribution is 5.92.